The summed E-state index contributed by atoms with van der Waals surface area (Å²) in [5, 5.41) is 2.76. The van der Waals surface area contributed by atoms with E-state index in [-0.39, 0.29) is 0 Å². The van der Waals surface area contributed by atoms with Crippen LogP contribution < -0.4 is 4.90 Å². The first-order chi connectivity index (χ1) is 24.3. The Labute approximate surface area is 291 Å². The lowest BCUT2D eigenvalue weighted by molar-refractivity contribution is 0.668. The van der Waals surface area contributed by atoms with Crippen LogP contribution in [0, 0.1) is 0 Å². The van der Waals surface area contributed by atoms with Gasteiger partial charge in [0.1, 0.15) is 11.2 Å². The van der Waals surface area contributed by atoms with E-state index in [2.05, 4.69) is 175 Å². The third-order valence-corrected chi connectivity index (χ3v) is 10.8. The number of nitrogens with zero attached hydrogens (tertiary/aromatic N) is 1. The molecule has 0 amide bonds. The number of allylic oxidation sites excluding steroid dienone is 1. The molecule has 0 saturated heterocycles. The molecule has 7 aromatic carbocycles. The highest BCUT2D eigenvalue weighted by atomic mass is 32.2. The molecule has 9 rings (SSSR count). The summed E-state index contributed by atoms with van der Waals surface area (Å²) in [6.07, 6.45) is 3.40. The maximum Gasteiger partial charge on any atom is 0.135 e. The molecule has 234 valence electrons. The Kier molecular flexibility index (Phi) is 7.60. The van der Waals surface area contributed by atoms with Crippen LogP contribution in [0.15, 0.2) is 186 Å². The number of thioether (sulfide) groups is 1. The zero-order valence-electron chi connectivity index (χ0n) is 26.9. The number of benzene rings is 7. The molecule has 1 aromatic heterocycles. The van der Waals surface area contributed by atoms with Gasteiger partial charge in [-0.05, 0) is 94.4 Å². The predicted molar refractivity (Wildman–Crippen MR) is 209 cm³/mol. The smallest absolute Gasteiger partial charge is 0.135 e. The first-order valence-electron chi connectivity index (χ1n) is 16.8. The van der Waals surface area contributed by atoms with E-state index in [0.717, 1.165) is 34.6 Å². The molecule has 1 atom stereocenters. The Bertz CT molecular complexity index is 2330. The van der Waals surface area contributed by atoms with Crippen molar-refractivity contribution < 1.29 is 4.42 Å². The SMILES string of the molecule is C1=C(c2ccc(N(c3ccc(-c4ccccc4)cc3)c3ccc(-c4ccccc4)cc3)cc2)SC(c2ccc3oc4ccccc4c3c2)C1. The highest BCUT2D eigenvalue weighted by Crippen LogP contribution is 2.49. The zero-order chi connectivity index (χ0) is 32.6. The molecule has 0 N–H and O–H groups in total. The fourth-order valence-corrected chi connectivity index (χ4v) is 8.13. The lowest BCUT2D eigenvalue weighted by Gasteiger charge is -2.26. The summed E-state index contributed by atoms with van der Waals surface area (Å²) in [6, 6.07) is 62.9. The fourth-order valence-electron chi connectivity index (χ4n) is 6.89. The minimum Gasteiger partial charge on any atom is -0.456 e. The maximum absolute atomic E-state index is 6.08. The molecule has 1 aliphatic heterocycles. The van der Waals surface area contributed by atoms with Gasteiger partial charge in [-0.3, -0.25) is 0 Å². The van der Waals surface area contributed by atoms with Gasteiger partial charge in [0.25, 0.3) is 0 Å². The highest BCUT2D eigenvalue weighted by molar-refractivity contribution is 8.08. The van der Waals surface area contributed by atoms with Crippen molar-refractivity contribution in [1.29, 1.82) is 0 Å². The molecule has 0 bridgehead atoms. The molecule has 3 heteroatoms. The Morgan fingerprint density at radius 2 is 0.939 bits per heavy atom. The van der Waals surface area contributed by atoms with Crippen LogP contribution in [0.1, 0.15) is 22.8 Å². The Morgan fingerprint density at radius 3 is 1.53 bits per heavy atom. The van der Waals surface area contributed by atoms with Crippen molar-refractivity contribution >= 4 is 55.7 Å². The molecule has 0 fully saturated rings. The molecular formula is C46H33NOS. The number of furan rings is 1. The van der Waals surface area contributed by atoms with Crippen molar-refractivity contribution in [3.05, 3.63) is 193 Å². The van der Waals surface area contributed by atoms with E-state index in [1.54, 1.807) is 0 Å². The van der Waals surface area contributed by atoms with Crippen LogP contribution in [0.25, 0.3) is 49.1 Å². The molecule has 0 spiro atoms. The van der Waals surface area contributed by atoms with Crippen molar-refractivity contribution in [3.63, 3.8) is 0 Å². The molecule has 0 aliphatic carbocycles. The van der Waals surface area contributed by atoms with Gasteiger partial charge >= 0.3 is 0 Å². The van der Waals surface area contributed by atoms with E-state index in [4.69, 9.17) is 4.42 Å². The number of anilines is 3. The van der Waals surface area contributed by atoms with Crippen LogP contribution in [0.3, 0.4) is 0 Å². The van der Waals surface area contributed by atoms with Crippen molar-refractivity contribution in [2.75, 3.05) is 4.90 Å². The zero-order valence-corrected chi connectivity index (χ0v) is 27.7. The summed E-state index contributed by atoms with van der Waals surface area (Å²) in [4.78, 5) is 3.68. The van der Waals surface area contributed by atoms with E-state index in [9.17, 15) is 0 Å². The van der Waals surface area contributed by atoms with Gasteiger partial charge in [-0.2, -0.15) is 0 Å². The van der Waals surface area contributed by atoms with Crippen molar-refractivity contribution in [1.82, 2.24) is 0 Å². The van der Waals surface area contributed by atoms with Gasteiger partial charge in [-0.25, -0.2) is 0 Å². The van der Waals surface area contributed by atoms with Crippen LogP contribution in [0.5, 0.6) is 0 Å². The van der Waals surface area contributed by atoms with E-state index < -0.39 is 0 Å². The topological polar surface area (TPSA) is 16.4 Å². The summed E-state index contributed by atoms with van der Waals surface area (Å²) in [7, 11) is 0. The molecule has 2 nitrogen and oxygen atoms in total. The molecule has 0 radical (unpaired) electrons. The van der Waals surface area contributed by atoms with Gasteiger partial charge in [-0.15, -0.1) is 11.8 Å². The third kappa shape index (κ3) is 5.73. The number of para-hydroxylation sites is 1. The number of hydrogen-bond donors (Lipinski definition) is 0. The second-order valence-electron chi connectivity index (χ2n) is 12.5. The van der Waals surface area contributed by atoms with Gasteiger partial charge in [0.15, 0.2) is 0 Å². The minimum atomic E-state index is 0.385. The van der Waals surface area contributed by atoms with Crippen LogP contribution in [0.2, 0.25) is 0 Å². The Morgan fingerprint density at radius 1 is 0.449 bits per heavy atom. The van der Waals surface area contributed by atoms with Crippen molar-refractivity contribution in [2.45, 2.75) is 11.7 Å². The summed E-state index contributed by atoms with van der Waals surface area (Å²) >= 11 is 1.96. The monoisotopic (exact) mass is 647 g/mol. The molecule has 8 aromatic rings. The van der Waals surface area contributed by atoms with Gasteiger partial charge in [0.2, 0.25) is 0 Å². The van der Waals surface area contributed by atoms with Gasteiger partial charge in [0, 0.05) is 38.0 Å². The average Bonchev–Trinajstić information content (AvgIpc) is 3.82. The van der Waals surface area contributed by atoms with E-state index >= 15 is 0 Å². The van der Waals surface area contributed by atoms with Crippen LogP contribution in [0.4, 0.5) is 17.1 Å². The average molecular weight is 648 g/mol. The Balaban J connectivity index is 1.00. The number of fused-ring (bicyclic) bond motifs is 3. The van der Waals surface area contributed by atoms with Gasteiger partial charge < -0.3 is 9.32 Å². The van der Waals surface area contributed by atoms with E-state index in [1.165, 1.54) is 49.1 Å². The van der Waals surface area contributed by atoms with Crippen LogP contribution >= 0.6 is 11.8 Å². The lowest BCUT2D eigenvalue weighted by atomic mass is 10.0. The van der Waals surface area contributed by atoms with Crippen LogP contribution in [-0.2, 0) is 0 Å². The predicted octanol–water partition coefficient (Wildman–Crippen LogP) is 13.6. The molecule has 2 heterocycles. The lowest BCUT2D eigenvalue weighted by Crippen LogP contribution is -2.09. The first-order valence-corrected chi connectivity index (χ1v) is 17.6. The highest BCUT2D eigenvalue weighted by Gasteiger charge is 2.22. The van der Waals surface area contributed by atoms with Crippen molar-refractivity contribution in [3.8, 4) is 22.3 Å². The standard InChI is InChI=1S/C46H33NOS/c1-3-9-32(10-4-1)34-15-22-38(23-16-34)47(39-24-17-35(18-25-39)33-11-5-2-6-12-33)40-26-19-36(20-27-40)45-29-30-46(49-45)37-21-28-44-42(31-37)41-13-7-8-14-43(41)48-44/h1-29,31,46H,30H2. The summed E-state index contributed by atoms with van der Waals surface area (Å²) in [6.45, 7) is 0. The summed E-state index contributed by atoms with van der Waals surface area (Å²) < 4.78 is 6.08. The second-order valence-corrected chi connectivity index (χ2v) is 13.7. The summed E-state index contributed by atoms with van der Waals surface area (Å²) in [5.41, 5.74) is 12.7. The molecular weight excluding hydrogens is 615 g/mol. The van der Waals surface area contributed by atoms with E-state index in [1.807, 2.05) is 23.9 Å². The number of rotatable bonds is 7. The number of hydrogen-bond acceptors (Lipinski definition) is 3. The summed E-state index contributed by atoms with van der Waals surface area (Å²) in [5.74, 6) is 0. The largest absolute Gasteiger partial charge is 0.456 e. The third-order valence-electron chi connectivity index (χ3n) is 9.43. The quantitative estimate of drug-likeness (QED) is 0.171. The maximum atomic E-state index is 6.08. The molecule has 49 heavy (non-hydrogen) atoms. The van der Waals surface area contributed by atoms with Gasteiger partial charge in [0.05, 0.1) is 0 Å². The molecule has 1 unspecified atom stereocenters. The fraction of sp³-hybridized carbons (Fsp3) is 0.0435. The first kappa shape index (κ1) is 29.4. The normalized spacial score (nSPS) is 14.3. The molecule has 1 aliphatic rings. The van der Waals surface area contributed by atoms with E-state index in [0.29, 0.717) is 5.25 Å². The second kappa shape index (κ2) is 12.7. The Hall–Kier alpha value is -5.77. The van der Waals surface area contributed by atoms with Crippen LogP contribution in [-0.4, -0.2) is 0 Å². The minimum absolute atomic E-state index is 0.385. The van der Waals surface area contributed by atoms with Gasteiger partial charge in [-0.1, -0.05) is 127 Å². The van der Waals surface area contributed by atoms with Crippen molar-refractivity contribution in [2.24, 2.45) is 0 Å². The molecule has 0 saturated carbocycles.